The van der Waals surface area contributed by atoms with Gasteiger partial charge in [0.05, 0.1) is 30.5 Å². The number of halogens is 1. The summed E-state index contributed by atoms with van der Waals surface area (Å²) < 4.78 is 21.4. The number of carbonyl (C=O) groups excluding carboxylic acids is 3. The van der Waals surface area contributed by atoms with E-state index in [1.165, 1.54) is 14.2 Å². The van der Waals surface area contributed by atoms with Gasteiger partial charge >= 0.3 is 11.9 Å². The van der Waals surface area contributed by atoms with E-state index >= 15 is 0 Å². The predicted molar refractivity (Wildman–Crippen MR) is 185 cm³/mol. The average molecular weight is 758 g/mol. The molecule has 2 aliphatic heterocycles. The molecule has 1 unspecified atom stereocenters. The first-order valence-corrected chi connectivity index (χ1v) is 17.0. The van der Waals surface area contributed by atoms with Gasteiger partial charge < -0.3 is 29.2 Å². The number of carbonyl (C=O) groups is 3. The standard InChI is InChI=1S/C19H19NO5S.C13H8BrNO4S.C2H6/c1-18(2,22)8-7-11-5-6-13-12(9-11)14-15(19(3,23)10-25-13)26-16(20-14)17(21)24-4;1-18-13(17)12-15-10-7-4-6(14)2-3-9(7)19-5-8(16)11(10)20-12;1-2/h5-6,9,22-23H,10H2,1-4H3;2-4H,5H2,1H3;1-2H3. The summed E-state index contributed by atoms with van der Waals surface area (Å²) in [5.41, 5.74) is 0.510. The first kappa shape index (κ1) is 36.7. The van der Waals surface area contributed by atoms with E-state index in [0.29, 0.717) is 49.3 Å². The predicted octanol–water partition coefficient (Wildman–Crippen LogP) is 6.28. The van der Waals surface area contributed by atoms with Crippen LogP contribution in [-0.4, -0.2) is 70.9 Å². The highest BCUT2D eigenvalue weighted by Crippen LogP contribution is 2.44. The Labute approximate surface area is 294 Å². The number of nitrogens with zero attached hydrogens (tertiary/aromatic N) is 2. The van der Waals surface area contributed by atoms with Gasteiger partial charge in [0.2, 0.25) is 15.8 Å². The van der Waals surface area contributed by atoms with Gasteiger partial charge in [-0.2, -0.15) is 0 Å². The van der Waals surface area contributed by atoms with E-state index in [9.17, 15) is 24.6 Å². The van der Waals surface area contributed by atoms with Crippen molar-refractivity contribution in [1.29, 1.82) is 0 Å². The monoisotopic (exact) mass is 756 g/mol. The van der Waals surface area contributed by atoms with Crippen LogP contribution in [-0.2, 0) is 15.1 Å². The van der Waals surface area contributed by atoms with Gasteiger partial charge in [0.25, 0.3) is 0 Å². The molecule has 4 aromatic rings. The number of hydrogen-bond donors (Lipinski definition) is 2. The Hall–Kier alpha value is -4.13. The van der Waals surface area contributed by atoms with Crippen LogP contribution in [0.2, 0.25) is 0 Å². The van der Waals surface area contributed by atoms with Crippen LogP contribution in [0.5, 0.6) is 11.5 Å². The summed E-state index contributed by atoms with van der Waals surface area (Å²) in [4.78, 5) is 45.1. The van der Waals surface area contributed by atoms with E-state index in [1.807, 2.05) is 26.0 Å². The zero-order valence-corrected chi connectivity index (χ0v) is 30.4. The molecule has 6 rings (SSSR count). The lowest BCUT2D eigenvalue weighted by atomic mass is 10.0. The van der Waals surface area contributed by atoms with E-state index < -0.39 is 23.1 Å². The minimum Gasteiger partial charge on any atom is -0.489 e. The van der Waals surface area contributed by atoms with Crippen molar-refractivity contribution in [3.63, 3.8) is 0 Å². The fourth-order valence-electron chi connectivity index (χ4n) is 4.36. The van der Waals surface area contributed by atoms with Crippen LogP contribution < -0.4 is 9.47 Å². The molecule has 2 N–H and O–H groups in total. The molecule has 0 saturated carbocycles. The van der Waals surface area contributed by atoms with Gasteiger partial charge in [0, 0.05) is 21.2 Å². The first-order chi connectivity index (χ1) is 22.7. The molecule has 14 heteroatoms. The number of aliphatic hydroxyl groups is 2. The number of rotatable bonds is 2. The zero-order chi connectivity index (χ0) is 35.4. The van der Waals surface area contributed by atoms with Crippen molar-refractivity contribution in [2.45, 2.75) is 45.8 Å². The van der Waals surface area contributed by atoms with Crippen molar-refractivity contribution < 1.29 is 43.5 Å². The number of Topliss-reactive ketones (excluding diaryl/α,β-unsaturated/α-hetero) is 1. The molecule has 252 valence electrons. The smallest absolute Gasteiger partial charge is 0.367 e. The fraction of sp³-hybridized carbons (Fsp3) is 0.324. The lowest BCUT2D eigenvalue weighted by Crippen LogP contribution is -2.27. The van der Waals surface area contributed by atoms with Crippen LogP contribution in [0.25, 0.3) is 22.5 Å². The minimum absolute atomic E-state index is 0.0322. The molecule has 0 fully saturated rings. The summed E-state index contributed by atoms with van der Waals surface area (Å²) in [6.45, 7) is 8.79. The van der Waals surface area contributed by atoms with E-state index in [-0.39, 0.29) is 29.0 Å². The average Bonchev–Trinajstić information content (AvgIpc) is 3.68. The maximum atomic E-state index is 12.1. The third-order valence-corrected chi connectivity index (χ3v) is 9.39. The van der Waals surface area contributed by atoms with E-state index in [4.69, 9.17) is 14.2 Å². The minimum atomic E-state index is -1.29. The number of aromatic nitrogens is 2. The summed E-state index contributed by atoms with van der Waals surface area (Å²) in [7, 11) is 2.57. The number of ketones is 1. The highest BCUT2D eigenvalue weighted by Gasteiger charge is 2.36. The summed E-state index contributed by atoms with van der Waals surface area (Å²) in [6, 6.07) is 10.7. The molecule has 2 aliphatic rings. The van der Waals surface area contributed by atoms with Crippen molar-refractivity contribution in [3.8, 4) is 45.9 Å². The number of benzene rings is 2. The first-order valence-electron chi connectivity index (χ1n) is 14.6. The quantitative estimate of drug-likeness (QED) is 0.176. The van der Waals surface area contributed by atoms with Gasteiger partial charge in [-0.1, -0.05) is 41.6 Å². The molecule has 0 spiro atoms. The van der Waals surface area contributed by atoms with Gasteiger partial charge in [0.15, 0.2) is 6.61 Å². The Morgan fingerprint density at radius 2 is 1.54 bits per heavy atom. The summed E-state index contributed by atoms with van der Waals surface area (Å²) in [5, 5.41) is 20.9. The van der Waals surface area contributed by atoms with Gasteiger partial charge in [-0.05, 0) is 57.2 Å². The molecule has 0 saturated heterocycles. The molecule has 0 bridgehead atoms. The molecular weight excluding hydrogens is 724 g/mol. The van der Waals surface area contributed by atoms with Crippen LogP contribution in [0.1, 0.15) is 74.3 Å². The zero-order valence-electron chi connectivity index (χ0n) is 27.2. The molecule has 11 nitrogen and oxygen atoms in total. The van der Waals surface area contributed by atoms with Crippen LogP contribution in [0.4, 0.5) is 0 Å². The SMILES string of the molecule is CC.COC(=O)c1nc2c(s1)C(=O)COc1ccc(Br)cc1-2.COC(=O)c1nc2c(s1)C(C)(O)COc1ccc(C#CC(C)(C)O)cc1-2. The van der Waals surface area contributed by atoms with Crippen LogP contribution in [0, 0.1) is 11.8 Å². The molecule has 0 aliphatic carbocycles. The van der Waals surface area contributed by atoms with E-state index in [1.54, 1.807) is 45.0 Å². The lowest BCUT2D eigenvalue weighted by Gasteiger charge is -2.19. The second-order valence-corrected chi connectivity index (χ2v) is 13.7. The number of methoxy groups -OCH3 is 2. The van der Waals surface area contributed by atoms with Crippen LogP contribution in [0.3, 0.4) is 0 Å². The number of esters is 2. The molecule has 2 aromatic carbocycles. The van der Waals surface area contributed by atoms with E-state index in [0.717, 1.165) is 27.1 Å². The highest BCUT2D eigenvalue weighted by atomic mass is 79.9. The molecule has 48 heavy (non-hydrogen) atoms. The van der Waals surface area contributed by atoms with Crippen LogP contribution >= 0.6 is 38.6 Å². The second kappa shape index (κ2) is 15.0. The normalized spacial score (nSPS) is 15.6. The lowest BCUT2D eigenvalue weighted by molar-refractivity contribution is 0.0131. The Balaban J connectivity index is 0.000000212. The van der Waals surface area contributed by atoms with Crippen molar-refractivity contribution in [3.05, 3.63) is 66.2 Å². The van der Waals surface area contributed by atoms with Crippen molar-refractivity contribution in [2.24, 2.45) is 0 Å². The number of fused-ring (bicyclic) bond motifs is 6. The third-order valence-electron chi connectivity index (χ3n) is 6.53. The largest absolute Gasteiger partial charge is 0.489 e. The molecule has 2 aromatic heterocycles. The van der Waals surface area contributed by atoms with E-state index in [2.05, 4.69) is 42.5 Å². The number of thiazole rings is 2. The van der Waals surface area contributed by atoms with Gasteiger partial charge in [-0.3, -0.25) is 4.79 Å². The van der Waals surface area contributed by atoms with Gasteiger partial charge in [-0.15, -0.1) is 22.7 Å². The van der Waals surface area contributed by atoms with Crippen molar-refractivity contribution in [1.82, 2.24) is 9.97 Å². The Morgan fingerprint density at radius 3 is 2.19 bits per heavy atom. The summed E-state index contributed by atoms with van der Waals surface area (Å²) in [5.74, 6) is 5.48. The Bertz CT molecular complexity index is 1930. The third kappa shape index (κ3) is 8.11. The maximum Gasteiger partial charge on any atom is 0.367 e. The number of ether oxygens (including phenoxy) is 4. The fourth-order valence-corrected chi connectivity index (χ4v) is 6.67. The van der Waals surface area contributed by atoms with Crippen molar-refractivity contribution in [2.75, 3.05) is 27.4 Å². The second-order valence-electron chi connectivity index (χ2n) is 10.8. The molecule has 1 atom stereocenters. The number of hydrogen-bond acceptors (Lipinski definition) is 13. The Kier molecular flexibility index (Phi) is 11.4. The molecular formula is C34H33BrN2O9S2. The molecule has 4 heterocycles. The topological polar surface area (TPSA) is 154 Å². The summed E-state index contributed by atoms with van der Waals surface area (Å²) >= 11 is 5.49. The Morgan fingerprint density at radius 1 is 0.958 bits per heavy atom. The van der Waals surface area contributed by atoms with Crippen LogP contribution in [0.15, 0.2) is 40.9 Å². The van der Waals surface area contributed by atoms with Crippen molar-refractivity contribution >= 4 is 56.3 Å². The van der Waals surface area contributed by atoms with Gasteiger partial charge in [0.1, 0.15) is 34.2 Å². The highest BCUT2D eigenvalue weighted by molar-refractivity contribution is 9.10. The molecule has 0 radical (unpaired) electrons. The van der Waals surface area contributed by atoms with Gasteiger partial charge in [-0.25, -0.2) is 19.6 Å². The molecule has 0 amide bonds. The maximum absolute atomic E-state index is 12.1. The summed E-state index contributed by atoms with van der Waals surface area (Å²) in [6.07, 6.45) is 0.